The fourth-order valence-electron chi connectivity index (χ4n) is 14.2. The molecule has 1 aromatic heterocycles. The van der Waals surface area contributed by atoms with Crippen molar-refractivity contribution in [3.05, 3.63) is 312 Å². The highest BCUT2D eigenvalue weighted by atomic mass is 15.1. The highest BCUT2D eigenvalue weighted by Gasteiger charge is 2.52. The lowest BCUT2D eigenvalue weighted by Crippen LogP contribution is -2.25. The van der Waals surface area contributed by atoms with Gasteiger partial charge in [-0.25, -0.2) is 0 Å². The van der Waals surface area contributed by atoms with E-state index in [1.807, 2.05) is 0 Å². The molecule has 1 spiro atoms. The molecule has 0 saturated carbocycles. The first-order chi connectivity index (χ1) is 38.4. The second-order valence-electron chi connectivity index (χ2n) is 22.0. The Bertz CT molecular complexity index is 4440. The second kappa shape index (κ2) is 16.9. The molecule has 0 atom stereocenters. The van der Waals surface area contributed by atoms with E-state index in [0.29, 0.717) is 0 Å². The molecule has 13 aromatic rings. The zero-order valence-corrected chi connectivity index (χ0v) is 43.5. The van der Waals surface area contributed by atoms with Crippen molar-refractivity contribution in [3.8, 4) is 72.4 Å². The molecule has 0 saturated heterocycles. The van der Waals surface area contributed by atoms with Crippen LogP contribution in [0, 0.1) is 0 Å². The lowest BCUT2D eigenvalue weighted by Gasteiger charge is -2.30. The summed E-state index contributed by atoms with van der Waals surface area (Å²) >= 11 is 0. The Hall–Kier alpha value is -9.76. The second-order valence-corrected chi connectivity index (χ2v) is 22.0. The maximum Gasteiger partial charge on any atom is 0.0725 e. The molecule has 78 heavy (non-hydrogen) atoms. The van der Waals surface area contributed by atoms with Crippen LogP contribution in [0.3, 0.4) is 0 Å². The first-order valence-electron chi connectivity index (χ1n) is 27.3. The average molecular weight is 993 g/mol. The molecule has 0 bridgehead atoms. The number of rotatable bonds is 7. The molecule has 3 aliphatic carbocycles. The summed E-state index contributed by atoms with van der Waals surface area (Å²) in [6.45, 7) is 4.82. The maximum atomic E-state index is 2.51. The van der Waals surface area contributed by atoms with E-state index in [4.69, 9.17) is 0 Å². The SMILES string of the molecule is CC1(C)c2cc(N(c3cc(-c4ccccc4)cc(-c4ccccc4)c3)c3cccc(-c4cccc5c4-c4ccccc4C54c5ccccc5-c5ccccc54)c3)ccc2-c2ccc(-n3c4ccccc4c4ccccc43)cc21. The smallest absolute Gasteiger partial charge is 0.0725 e. The molecule has 0 radical (unpaired) electrons. The van der Waals surface area contributed by atoms with Gasteiger partial charge in [0.1, 0.15) is 0 Å². The van der Waals surface area contributed by atoms with Crippen LogP contribution in [0.15, 0.2) is 279 Å². The lowest BCUT2D eigenvalue weighted by molar-refractivity contribution is 0.660. The molecular formula is C76H52N2. The molecule has 0 aliphatic heterocycles. The molecule has 2 heteroatoms. The zero-order chi connectivity index (χ0) is 51.7. The van der Waals surface area contributed by atoms with Crippen LogP contribution in [0.25, 0.3) is 94.3 Å². The molecule has 0 unspecified atom stereocenters. The molecule has 0 amide bonds. The zero-order valence-electron chi connectivity index (χ0n) is 43.5. The molecule has 0 fully saturated rings. The van der Waals surface area contributed by atoms with Gasteiger partial charge >= 0.3 is 0 Å². The van der Waals surface area contributed by atoms with Crippen molar-refractivity contribution in [3.63, 3.8) is 0 Å². The summed E-state index contributed by atoms with van der Waals surface area (Å²) < 4.78 is 2.44. The van der Waals surface area contributed by atoms with Crippen molar-refractivity contribution in [1.82, 2.24) is 4.57 Å². The predicted molar refractivity (Wildman–Crippen MR) is 326 cm³/mol. The number of aromatic nitrogens is 1. The number of anilines is 3. The summed E-state index contributed by atoms with van der Waals surface area (Å²) in [4.78, 5) is 2.51. The Labute approximate surface area is 455 Å². The lowest BCUT2D eigenvalue weighted by atomic mass is 9.70. The van der Waals surface area contributed by atoms with Crippen molar-refractivity contribution < 1.29 is 0 Å². The monoisotopic (exact) mass is 992 g/mol. The minimum absolute atomic E-state index is 0.296. The first-order valence-corrected chi connectivity index (χ1v) is 27.3. The van der Waals surface area contributed by atoms with Crippen LogP contribution in [-0.2, 0) is 10.8 Å². The minimum atomic E-state index is -0.427. The molecule has 2 nitrogen and oxygen atoms in total. The van der Waals surface area contributed by atoms with Crippen LogP contribution in [0.2, 0.25) is 0 Å². The fourth-order valence-corrected chi connectivity index (χ4v) is 14.2. The average Bonchev–Trinajstić information content (AvgIpc) is 4.34. The van der Waals surface area contributed by atoms with Crippen molar-refractivity contribution in [2.75, 3.05) is 4.90 Å². The number of fused-ring (bicyclic) bond motifs is 16. The maximum absolute atomic E-state index is 2.51. The normalized spacial score (nSPS) is 13.7. The van der Waals surface area contributed by atoms with Crippen LogP contribution in [0.5, 0.6) is 0 Å². The molecule has 16 rings (SSSR count). The highest BCUT2D eigenvalue weighted by Crippen LogP contribution is 2.64. The standard InChI is InChI=1S/C76H52N2/c1-75(2)70-47-55(39-41-61(70)62-42-40-56(48-71(62)75)78-72-37-17-12-29-63(72)64-30-13-18-38-73(64)78)77(57-45-52(49-21-5-3-6-22-49)43-53(46-57)50-23-7-4-8-24-50)54-26-19-25-51(44-54)58-32-20-36-69-74(58)65-31-11-16-35-68(65)76(69)66-33-14-9-27-59(66)60-28-10-15-34-67(60)76/h3-48H,1-2H3. The topological polar surface area (TPSA) is 8.17 Å². The summed E-state index contributed by atoms with van der Waals surface area (Å²) in [6, 6.07) is 104. The summed E-state index contributed by atoms with van der Waals surface area (Å²) in [5, 5.41) is 2.54. The van der Waals surface area contributed by atoms with Crippen molar-refractivity contribution >= 4 is 38.9 Å². The Morgan fingerprint density at radius 2 is 0.731 bits per heavy atom. The molecule has 12 aromatic carbocycles. The van der Waals surface area contributed by atoms with E-state index in [1.54, 1.807) is 0 Å². The van der Waals surface area contributed by atoms with Gasteiger partial charge in [0, 0.05) is 38.9 Å². The Balaban J connectivity index is 0.890. The van der Waals surface area contributed by atoms with Gasteiger partial charge in [-0.05, 0) is 167 Å². The summed E-state index contributed by atoms with van der Waals surface area (Å²) in [5.41, 5.74) is 29.1. The minimum Gasteiger partial charge on any atom is -0.310 e. The van der Waals surface area contributed by atoms with Crippen LogP contribution in [0.1, 0.15) is 47.2 Å². The molecule has 0 N–H and O–H groups in total. The van der Waals surface area contributed by atoms with E-state index < -0.39 is 5.41 Å². The van der Waals surface area contributed by atoms with Gasteiger partial charge in [0.25, 0.3) is 0 Å². The van der Waals surface area contributed by atoms with E-state index >= 15 is 0 Å². The van der Waals surface area contributed by atoms with Gasteiger partial charge in [-0.3, -0.25) is 0 Å². The first kappa shape index (κ1) is 44.5. The molecule has 3 aliphatic rings. The van der Waals surface area contributed by atoms with Gasteiger partial charge in [0.05, 0.1) is 16.4 Å². The number of hydrogen-bond acceptors (Lipinski definition) is 1. The van der Waals surface area contributed by atoms with Crippen molar-refractivity contribution in [2.45, 2.75) is 24.7 Å². The van der Waals surface area contributed by atoms with Crippen molar-refractivity contribution in [2.24, 2.45) is 0 Å². The summed E-state index contributed by atoms with van der Waals surface area (Å²) in [6.07, 6.45) is 0. The Morgan fingerprint density at radius 1 is 0.282 bits per heavy atom. The van der Waals surface area contributed by atoms with E-state index in [-0.39, 0.29) is 5.41 Å². The van der Waals surface area contributed by atoms with Gasteiger partial charge in [-0.15, -0.1) is 0 Å². The summed E-state index contributed by atoms with van der Waals surface area (Å²) in [5.74, 6) is 0. The van der Waals surface area contributed by atoms with Gasteiger partial charge in [-0.2, -0.15) is 0 Å². The number of benzene rings is 12. The molecular weight excluding hydrogens is 941 g/mol. The quantitative estimate of drug-likeness (QED) is 0.154. The molecule has 1 heterocycles. The Morgan fingerprint density at radius 3 is 1.37 bits per heavy atom. The van der Waals surface area contributed by atoms with Crippen LogP contribution in [-0.4, -0.2) is 4.57 Å². The van der Waals surface area contributed by atoms with E-state index in [9.17, 15) is 0 Å². The van der Waals surface area contributed by atoms with E-state index in [2.05, 4.69) is 302 Å². The predicted octanol–water partition coefficient (Wildman–Crippen LogP) is 19.9. The van der Waals surface area contributed by atoms with Gasteiger partial charge in [0.15, 0.2) is 0 Å². The third-order valence-electron chi connectivity index (χ3n) is 17.6. The van der Waals surface area contributed by atoms with E-state index in [1.165, 1.54) is 128 Å². The van der Waals surface area contributed by atoms with Crippen LogP contribution in [0.4, 0.5) is 17.1 Å². The van der Waals surface area contributed by atoms with Crippen LogP contribution < -0.4 is 4.90 Å². The highest BCUT2D eigenvalue weighted by molar-refractivity contribution is 6.09. The third-order valence-corrected chi connectivity index (χ3v) is 17.6. The van der Waals surface area contributed by atoms with Crippen LogP contribution >= 0.6 is 0 Å². The van der Waals surface area contributed by atoms with Gasteiger partial charge in [0.2, 0.25) is 0 Å². The van der Waals surface area contributed by atoms with Crippen molar-refractivity contribution in [1.29, 1.82) is 0 Å². The van der Waals surface area contributed by atoms with Gasteiger partial charge in [-0.1, -0.05) is 226 Å². The summed E-state index contributed by atoms with van der Waals surface area (Å²) in [7, 11) is 0. The molecule has 366 valence electrons. The number of para-hydroxylation sites is 2. The number of hydrogen-bond donors (Lipinski definition) is 0. The number of nitrogens with zero attached hydrogens (tertiary/aromatic N) is 2. The Kier molecular flexibility index (Phi) is 9.63. The largest absolute Gasteiger partial charge is 0.310 e. The fraction of sp³-hybridized carbons (Fsp3) is 0.0526. The van der Waals surface area contributed by atoms with E-state index in [0.717, 1.165) is 17.1 Å². The van der Waals surface area contributed by atoms with Gasteiger partial charge < -0.3 is 9.47 Å². The third kappa shape index (κ3) is 6.32.